The van der Waals surface area contributed by atoms with Crippen molar-refractivity contribution < 1.29 is 27.2 Å². The van der Waals surface area contributed by atoms with Crippen LogP contribution >= 0.6 is 0 Å². The largest absolute Gasteiger partial charge is 0.471 e. The van der Waals surface area contributed by atoms with E-state index in [0.29, 0.717) is 6.42 Å². The van der Waals surface area contributed by atoms with Gasteiger partial charge in [0.05, 0.1) is 0 Å². The molecule has 0 aromatic carbocycles. The number of carbonyl (C=O) groups is 1. The number of amides is 1. The van der Waals surface area contributed by atoms with E-state index in [2.05, 4.69) is 20.0 Å². The summed E-state index contributed by atoms with van der Waals surface area (Å²) in [5.74, 6) is -1.32. The highest BCUT2D eigenvalue weighted by Crippen LogP contribution is 2.51. The summed E-state index contributed by atoms with van der Waals surface area (Å²) in [4.78, 5) is 15.6. The van der Waals surface area contributed by atoms with E-state index in [-0.39, 0.29) is 18.2 Å². The Morgan fingerprint density at radius 3 is 2.42 bits per heavy atom. The van der Waals surface area contributed by atoms with Crippen LogP contribution in [0, 0.1) is 11.3 Å². The summed E-state index contributed by atoms with van der Waals surface area (Å²) in [5.41, 5.74) is -1.57. The average molecular weight is 377 g/mol. The van der Waals surface area contributed by atoms with Gasteiger partial charge in [-0.3, -0.25) is 0 Å². The lowest BCUT2D eigenvalue weighted by Gasteiger charge is -2.42. The van der Waals surface area contributed by atoms with Crippen LogP contribution in [0.25, 0.3) is 0 Å². The van der Waals surface area contributed by atoms with Crippen LogP contribution < -0.4 is 5.32 Å². The number of carbonyl (C=O) groups excluding carboxylic acids is 1. The molecule has 9 heteroatoms. The Hall–Kier alpha value is -1.80. The Balaban J connectivity index is 2.09. The first-order chi connectivity index (χ1) is 11.6. The fraction of sp³-hybridized carbons (Fsp3) is 0.824. The maximum atomic E-state index is 12.6. The molecule has 1 amide bonds. The number of hydrogen-bond acceptors (Lipinski definition) is 5. The van der Waals surface area contributed by atoms with Gasteiger partial charge in [-0.1, -0.05) is 19.0 Å². The fourth-order valence-corrected chi connectivity index (χ4v) is 3.38. The van der Waals surface area contributed by atoms with E-state index in [0.717, 1.165) is 6.42 Å². The zero-order valence-corrected chi connectivity index (χ0v) is 16.0. The number of nitrogens with one attached hydrogen (secondary N) is 1. The van der Waals surface area contributed by atoms with Gasteiger partial charge in [-0.15, -0.1) is 0 Å². The van der Waals surface area contributed by atoms with Crippen molar-refractivity contribution in [3.8, 4) is 0 Å². The molecule has 1 aromatic heterocycles. The molecule has 1 saturated carbocycles. The van der Waals surface area contributed by atoms with E-state index in [4.69, 9.17) is 4.74 Å². The number of alkyl halides is 3. The predicted molar refractivity (Wildman–Crippen MR) is 87.3 cm³/mol. The molecular weight excluding hydrogens is 351 g/mol. The van der Waals surface area contributed by atoms with E-state index >= 15 is 0 Å². The molecule has 2 atom stereocenters. The van der Waals surface area contributed by atoms with Crippen LogP contribution in [0.15, 0.2) is 4.52 Å². The highest BCUT2D eigenvalue weighted by atomic mass is 19.4. The van der Waals surface area contributed by atoms with Crippen LogP contribution in [0.2, 0.25) is 0 Å². The van der Waals surface area contributed by atoms with Gasteiger partial charge in [0, 0.05) is 12.0 Å². The molecule has 1 fully saturated rings. The van der Waals surface area contributed by atoms with Gasteiger partial charge in [0.2, 0.25) is 0 Å². The number of ether oxygens (including phenoxy) is 1. The monoisotopic (exact) mass is 377 g/mol. The molecule has 1 aliphatic carbocycles. The first-order valence-electron chi connectivity index (χ1n) is 8.55. The van der Waals surface area contributed by atoms with Crippen LogP contribution in [0.1, 0.15) is 66.1 Å². The van der Waals surface area contributed by atoms with Crippen molar-refractivity contribution in [1.29, 1.82) is 0 Å². The topological polar surface area (TPSA) is 77.2 Å². The van der Waals surface area contributed by atoms with Crippen molar-refractivity contribution in [3.05, 3.63) is 11.7 Å². The van der Waals surface area contributed by atoms with Crippen LogP contribution in [0.4, 0.5) is 18.0 Å². The molecule has 2 rings (SSSR count). The highest BCUT2D eigenvalue weighted by molar-refractivity contribution is 5.69. The lowest BCUT2D eigenvalue weighted by atomic mass is 9.70. The molecule has 148 valence electrons. The molecule has 1 aromatic rings. The number of aromatic nitrogens is 2. The minimum Gasteiger partial charge on any atom is -0.444 e. The second kappa shape index (κ2) is 6.42. The Morgan fingerprint density at radius 1 is 1.31 bits per heavy atom. The van der Waals surface area contributed by atoms with Crippen molar-refractivity contribution in [3.63, 3.8) is 0 Å². The van der Waals surface area contributed by atoms with Crippen molar-refractivity contribution >= 4 is 6.09 Å². The van der Waals surface area contributed by atoms with Crippen LogP contribution in [0.3, 0.4) is 0 Å². The van der Waals surface area contributed by atoms with Gasteiger partial charge in [-0.05, 0) is 51.9 Å². The van der Waals surface area contributed by atoms with E-state index in [1.807, 2.05) is 20.8 Å². The Morgan fingerprint density at radius 2 is 1.92 bits per heavy atom. The Kier molecular flexibility index (Phi) is 5.07. The molecule has 1 aliphatic rings. The number of alkyl carbamates (subject to hydrolysis) is 1. The van der Waals surface area contributed by atoms with Crippen LogP contribution in [0.5, 0.6) is 0 Å². The number of nitrogens with zero attached hydrogens (tertiary/aromatic N) is 2. The van der Waals surface area contributed by atoms with Gasteiger partial charge in [0.15, 0.2) is 5.82 Å². The van der Waals surface area contributed by atoms with Gasteiger partial charge in [-0.25, -0.2) is 4.79 Å². The van der Waals surface area contributed by atoms with Gasteiger partial charge >= 0.3 is 18.2 Å². The van der Waals surface area contributed by atoms with E-state index in [1.54, 1.807) is 20.8 Å². The molecule has 1 heterocycles. The molecule has 0 unspecified atom stereocenters. The molecule has 0 aliphatic heterocycles. The molecule has 0 radical (unpaired) electrons. The van der Waals surface area contributed by atoms with Gasteiger partial charge in [0.1, 0.15) is 5.60 Å². The Bertz CT molecular complexity index is 664. The zero-order chi connectivity index (χ0) is 20.0. The maximum Gasteiger partial charge on any atom is 0.471 e. The van der Waals surface area contributed by atoms with Crippen LogP contribution in [-0.4, -0.2) is 27.4 Å². The second-order valence-corrected chi connectivity index (χ2v) is 8.63. The predicted octanol–water partition coefficient (Wildman–Crippen LogP) is 4.35. The van der Waals surface area contributed by atoms with Crippen molar-refractivity contribution in [2.45, 2.75) is 78.1 Å². The van der Waals surface area contributed by atoms with E-state index < -0.39 is 34.7 Å². The molecule has 0 saturated heterocycles. The minimum atomic E-state index is -4.65. The summed E-state index contributed by atoms with van der Waals surface area (Å²) in [6.45, 7) is 11.2. The summed E-state index contributed by atoms with van der Waals surface area (Å²) < 4.78 is 47.5. The summed E-state index contributed by atoms with van der Waals surface area (Å²) in [6, 6.07) is 0. The summed E-state index contributed by atoms with van der Waals surface area (Å²) in [7, 11) is 0. The fourth-order valence-electron chi connectivity index (χ4n) is 3.38. The summed E-state index contributed by atoms with van der Waals surface area (Å²) in [5, 5.41) is 6.39. The molecule has 0 spiro atoms. The van der Waals surface area contributed by atoms with Crippen molar-refractivity contribution in [2.24, 2.45) is 11.3 Å². The molecule has 6 nitrogen and oxygen atoms in total. The Labute approximate surface area is 150 Å². The number of halogens is 3. The highest BCUT2D eigenvalue weighted by Gasteiger charge is 2.53. The van der Waals surface area contributed by atoms with Crippen LogP contribution in [-0.2, 0) is 17.3 Å². The van der Waals surface area contributed by atoms with E-state index in [1.165, 1.54) is 0 Å². The van der Waals surface area contributed by atoms with Gasteiger partial charge in [0.25, 0.3) is 0 Å². The summed E-state index contributed by atoms with van der Waals surface area (Å²) >= 11 is 0. The molecule has 1 N–H and O–H groups in total. The number of rotatable bonds is 3. The first kappa shape index (κ1) is 20.5. The normalized spacial score (nSPS) is 26.0. The minimum absolute atomic E-state index is 0.0129. The molecule has 0 bridgehead atoms. The van der Waals surface area contributed by atoms with Gasteiger partial charge in [-0.2, -0.15) is 18.2 Å². The first-order valence-corrected chi connectivity index (χ1v) is 8.55. The standard InChI is InChI=1S/C17H26F3N3O3/c1-14(2,3)25-13(24)22-16(6)8-7-10(15(16,4)5)9-11-21-12(26-23-11)17(18,19)20/h10H,7-9H2,1-6H3,(H,22,24)/t10-,16-/m0/s1. The number of hydrogen-bond donors (Lipinski definition) is 1. The average Bonchev–Trinajstić information content (AvgIpc) is 2.96. The lowest BCUT2D eigenvalue weighted by molar-refractivity contribution is -0.159. The smallest absolute Gasteiger partial charge is 0.444 e. The van der Waals surface area contributed by atoms with Gasteiger partial charge < -0.3 is 14.6 Å². The third-order valence-corrected chi connectivity index (χ3v) is 5.35. The third-order valence-electron chi connectivity index (χ3n) is 5.35. The van der Waals surface area contributed by atoms with Crippen molar-refractivity contribution in [1.82, 2.24) is 15.5 Å². The second-order valence-electron chi connectivity index (χ2n) is 8.63. The summed E-state index contributed by atoms with van der Waals surface area (Å²) in [6.07, 6.45) is -3.52. The zero-order valence-electron chi connectivity index (χ0n) is 16.0. The van der Waals surface area contributed by atoms with E-state index in [9.17, 15) is 18.0 Å². The molecular formula is C17H26F3N3O3. The molecule has 26 heavy (non-hydrogen) atoms. The lowest BCUT2D eigenvalue weighted by Crippen LogP contribution is -2.55. The maximum absolute atomic E-state index is 12.6. The van der Waals surface area contributed by atoms with Crippen molar-refractivity contribution in [2.75, 3.05) is 0 Å². The SMILES string of the molecule is CC(C)(C)OC(=O)N[C@@]1(C)CC[C@@H](Cc2noc(C(F)(F)F)n2)C1(C)C. The third kappa shape index (κ3) is 4.29. The quantitative estimate of drug-likeness (QED) is 0.847.